The largest absolute Gasteiger partial charge is 0.247 e. The van der Waals surface area contributed by atoms with Crippen molar-refractivity contribution in [1.29, 1.82) is 0 Å². The Morgan fingerprint density at radius 1 is 1.31 bits per heavy atom. The number of hydrogen-bond donors (Lipinski definition) is 0. The predicted octanol–water partition coefficient (Wildman–Crippen LogP) is 1.16. The maximum Gasteiger partial charge on any atom is 0.216 e. The van der Waals surface area contributed by atoms with Crippen molar-refractivity contribution < 1.29 is 12.8 Å². The molecular weight excluding hydrogens is 193 g/mol. The number of sulfonamides is 1. The van der Waals surface area contributed by atoms with E-state index in [-0.39, 0.29) is 0 Å². The van der Waals surface area contributed by atoms with E-state index in [2.05, 4.69) is 0 Å². The maximum atomic E-state index is 12.7. The molecule has 1 aliphatic rings. The lowest BCUT2D eigenvalue weighted by Gasteiger charge is -2.29. The van der Waals surface area contributed by atoms with Gasteiger partial charge in [0.1, 0.15) is 6.17 Å². The lowest BCUT2D eigenvalue weighted by molar-refractivity contribution is 0.209. The fraction of sp³-hybridized carbons (Fsp3) is 1.00. The lowest BCUT2D eigenvalue weighted by Crippen LogP contribution is -2.42. The molecule has 0 radical (unpaired) electrons. The molecule has 0 aromatic carbocycles. The molecule has 13 heavy (non-hydrogen) atoms. The quantitative estimate of drug-likeness (QED) is 0.684. The van der Waals surface area contributed by atoms with E-state index in [0.717, 1.165) is 0 Å². The summed E-state index contributed by atoms with van der Waals surface area (Å²) in [4.78, 5) is 0. The van der Waals surface area contributed by atoms with Gasteiger partial charge in [0.05, 0.1) is 5.25 Å². The Hall–Kier alpha value is -0.160. The monoisotopic (exact) mass is 209 g/mol. The first-order valence-electron chi connectivity index (χ1n) is 4.57. The molecule has 0 spiro atoms. The van der Waals surface area contributed by atoms with Crippen molar-refractivity contribution in [3.63, 3.8) is 0 Å². The molecule has 0 amide bonds. The summed E-state index contributed by atoms with van der Waals surface area (Å²) >= 11 is 0. The molecule has 0 saturated carbocycles. The van der Waals surface area contributed by atoms with Crippen LogP contribution in [-0.2, 0) is 10.0 Å². The third kappa shape index (κ3) is 2.40. The maximum absolute atomic E-state index is 12.7. The van der Waals surface area contributed by atoms with Crippen LogP contribution in [0.25, 0.3) is 0 Å². The van der Waals surface area contributed by atoms with Gasteiger partial charge < -0.3 is 0 Å². The molecule has 1 saturated heterocycles. The summed E-state index contributed by atoms with van der Waals surface area (Å²) < 4.78 is 37.3. The Labute approximate surface area is 79.0 Å². The summed E-state index contributed by atoms with van der Waals surface area (Å²) in [5.74, 6) is 0. The van der Waals surface area contributed by atoms with Gasteiger partial charge in [-0.2, -0.15) is 0 Å². The second kappa shape index (κ2) is 3.92. The Balaban J connectivity index is 2.64. The normalized spacial score (nSPS) is 22.5. The summed E-state index contributed by atoms with van der Waals surface area (Å²) in [5, 5.41) is -0.399. The fourth-order valence-corrected chi connectivity index (χ4v) is 2.69. The fourth-order valence-electron chi connectivity index (χ4n) is 1.38. The SMILES string of the molecule is CC(C)S(=O)(=O)N1CCC(F)CC1. The molecule has 1 fully saturated rings. The summed E-state index contributed by atoms with van der Waals surface area (Å²) in [6, 6.07) is 0. The van der Waals surface area contributed by atoms with Crippen molar-refractivity contribution >= 4 is 10.0 Å². The Morgan fingerprint density at radius 3 is 2.15 bits per heavy atom. The van der Waals surface area contributed by atoms with Gasteiger partial charge in [0.25, 0.3) is 0 Å². The molecule has 0 bridgehead atoms. The van der Waals surface area contributed by atoms with E-state index in [1.165, 1.54) is 4.31 Å². The van der Waals surface area contributed by atoms with Gasteiger partial charge in [0.2, 0.25) is 10.0 Å². The smallest absolute Gasteiger partial charge is 0.216 e. The predicted molar refractivity (Wildman–Crippen MR) is 49.8 cm³/mol. The summed E-state index contributed by atoms with van der Waals surface area (Å²) in [6.07, 6.45) is -0.142. The minimum Gasteiger partial charge on any atom is -0.247 e. The third-order valence-corrected chi connectivity index (χ3v) is 4.62. The molecule has 1 rings (SSSR count). The van der Waals surface area contributed by atoms with Crippen LogP contribution in [0.2, 0.25) is 0 Å². The molecule has 0 N–H and O–H groups in total. The highest BCUT2D eigenvalue weighted by Gasteiger charge is 2.29. The van der Waals surface area contributed by atoms with Gasteiger partial charge >= 0.3 is 0 Å². The molecular formula is C8H16FNO2S. The second-order valence-corrected chi connectivity index (χ2v) is 6.16. The minimum absolute atomic E-state index is 0.335. The van der Waals surface area contributed by atoms with Gasteiger partial charge in [0, 0.05) is 13.1 Å². The zero-order valence-corrected chi connectivity index (χ0v) is 8.85. The van der Waals surface area contributed by atoms with E-state index in [1.54, 1.807) is 13.8 Å². The first-order chi connectivity index (χ1) is 5.94. The molecule has 5 heteroatoms. The number of alkyl halides is 1. The number of rotatable bonds is 2. The standard InChI is InChI=1S/C8H16FNO2S/c1-7(2)13(11,12)10-5-3-8(9)4-6-10/h7-8H,3-6H2,1-2H3. The summed E-state index contributed by atoms with van der Waals surface area (Å²) in [7, 11) is -3.16. The van der Waals surface area contributed by atoms with Crippen molar-refractivity contribution in [1.82, 2.24) is 4.31 Å². The lowest BCUT2D eigenvalue weighted by atomic mass is 10.1. The van der Waals surface area contributed by atoms with E-state index < -0.39 is 21.4 Å². The zero-order chi connectivity index (χ0) is 10.1. The molecule has 1 aliphatic heterocycles. The highest BCUT2D eigenvalue weighted by atomic mass is 32.2. The van der Waals surface area contributed by atoms with Crippen LogP contribution in [-0.4, -0.2) is 37.2 Å². The Bertz CT molecular complexity index is 255. The number of piperidine rings is 1. The molecule has 0 atom stereocenters. The van der Waals surface area contributed by atoms with Crippen molar-refractivity contribution in [3.8, 4) is 0 Å². The van der Waals surface area contributed by atoms with Crippen LogP contribution in [0, 0.1) is 0 Å². The minimum atomic E-state index is -3.16. The van der Waals surface area contributed by atoms with Crippen molar-refractivity contribution in [2.24, 2.45) is 0 Å². The number of halogens is 1. The highest BCUT2D eigenvalue weighted by Crippen LogP contribution is 2.18. The van der Waals surface area contributed by atoms with Crippen LogP contribution in [0.1, 0.15) is 26.7 Å². The first-order valence-corrected chi connectivity index (χ1v) is 6.08. The Morgan fingerprint density at radius 2 is 1.77 bits per heavy atom. The van der Waals surface area contributed by atoms with Gasteiger partial charge in [-0.3, -0.25) is 0 Å². The van der Waals surface area contributed by atoms with E-state index in [9.17, 15) is 12.8 Å². The van der Waals surface area contributed by atoms with Crippen molar-refractivity contribution in [2.75, 3.05) is 13.1 Å². The van der Waals surface area contributed by atoms with E-state index in [0.29, 0.717) is 25.9 Å². The third-order valence-electron chi connectivity index (χ3n) is 2.34. The topological polar surface area (TPSA) is 37.4 Å². The average molecular weight is 209 g/mol. The van der Waals surface area contributed by atoms with Crippen LogP contribution in [0.15, 0.2) is 0 Å². The molecule has 0 aromatic heterocycles. The van der Waals surface area contributed by atoms with Gasteiger partial charge in [-0.05, 0) is 26.7 Å². The van der Waals surface area contributed by atoms with Gasteiger partial charge in [-0.25, -0.2) is 17.1 Å². The number of hydrogen-bond acceptors (Lipinski definition) is 2. The van der Waals surface area contributed by atoms with E-state index in [4.69, 9.17) is 0 Å². The zero-order valence-electron chi connectivity index (χ0n) is 8.03. The Kier molecular flexibility index (Phi) is 3.29. The van der Waals surface area contributed by atoms with Gasteiger partial charge in [-0.1, -0.05) is 0 Å². The molecule has 1 heterocycles. The van der Waals surface area contributed by atoms with E-state index >= 15 is 0 Å². The molecule has 0 aliphatic carbocycles. The second-order valence-electron chi connectivity index (χ2n) is 3.67. The van der Waals surface area contributed by atoms with Crippen LogP contribution in [0.5, 0.6) is 0 Å². The van der Waals surface area contributed by atoms with Gasteiger partial charge in [-0.15, -0.1) is 0 Å². The van der Waals surface area contributed by atoms with Crippen molar-refractivity contribution in [3.05, 3.63) is 0 Å². The first kappa shape index (κ1) is 10.9. The van der Waals surface area contributed by atoms with Crippen molar-refractivity contribution in [2.45, 2.75) is 38.1 Å². The summed E-state index contributed by atoms with van der Waals surface area (Å²) in [6.45, 7) is 3.97. The molecule has 0 unspecified atom stereocenters. The van der Waals surface area contributed by atoms with Crippen LogP contribution in [0.3, 0.4) is 0 Å². The van der Waals surface area contributed by atoms with Crippen LogP contribution < -0.4 is 0 Å². The van der Waals surface area contributed by atoms with Crippen LogP contribution >= 0.6 is 0 Å². The van der Waals surface area contributed by atoms with Crippen LogP contribution in [0.4, 0.5) is 4.39 Å². The highest BCUT2D eigenvalue weighted by molar-refractivity contribution is 7.89. The number of nitrogens with zero attached hydrogens (tertiary/aromatic N) is 1. The average Bonchev–Trinajstić information content (AvgIpc) is 2.04. The molecule has 78 valence electrons. The van der Waals surface area contributed by atoms with Gasteiger partial charge in [0.15, 0.2) is 0 Å². The summed E-state index contributed by atoms with van der Waals surface area (Å²) in [5.41, 5.74) is 0. The molecule has 0 aromatic rings. The van der Waals surface area contributed by atoms with E-state index in [1.807, 2.05) is 0 Å². The molecule has 3 nitrogen and oxygen atoms in total.